The van der Waals surface area contributed by atoms with E-state index in [0.29, 0.717) is 18.3 Å². The molecule has 5 nitrogen and oxygen atoms in total. The summed E-state index contributed by atoms with van der Waals surface area (Å²) in [5.41, 5.74) is 2.43. The first-order chi connectivity index (χ1) is 14.0. The molecule has 1 unspecified atom stereocenters. The summed E-state index contributed by atoms with van der Waals surface area (Å²) in [4.78, 5) is 15.3. The number of fused-ring (bicyclic) bond motifs is 1. The summed E-state index contributed by atoms with van der Waals surface area (Å²) in [6, 6.07) is 10.2. The van der Waals surface area contributed by atoms with Gasteiger partial charge in [-0.15, -0.1) is 0 Å². The number of carbonyl (C=O) groups is 1. The summed E-state index contributed by atoms with van der Waals surface area (Å²) in [5.74, 6) is 0.508. The van der Waals surface area contributed by atoms with Crippen molar-refractivity contribution in [2.24, 2.45) is 17.8 Å². The fraction of sp³-hybridized carbons (Fsp3) is 0.391. The number of carboxylic acid groups (broad SMARTS) is 1. The van der Waals surface area contributed by atoms with Crippen LogP contribution >= 0.6 is 0 Å². The lowest BCUT2D eigenvalue weighted by Gasteiger charge is -2.33. The van der Waals surface area contributed by atoms with Crippen molar-refractivity contribution in [1.29, 1.82) is 0 Å². The number of aliphatic hydroxyl groups excluding tert-OH is 1. The van der Waals surface area contributed by atoms with Crippen LogP contribution in [0.4, 0.5) is 9.18 Å². The molecule has 5 atom stereocenters. The molecule has 0 aliphatic heterocycles. The molecule has 2 aliphatic carbocycles. The quantitative estimate of drug-likeness (QED) is 0.718. The van der Waals surface area contributed by atoms with E-state index in [1.807, 2.05) is 30.4 Å². The van der Waals surface area contributed by atoms with E-state index >= 15 is 0 Å². The van der Waals surface area contributed by atoms with Crippen LogP contribution in [0.1, 0.15) is 31.4 Å². The third kappa shape index (κ3) is 4.48. The minimum Gasteiger partial charge on any atom is -0.465 e. The molecule has 152 valence electrons. The first-order valence-corrected chi connectivity index (χ1v) is 10.1. The predicted molar refractivity (Wildman–Crippen MR) is 109 cm³/mol. The molecule has 2 fully saturated rings. The van der Waals surface area contributed by atoms with E-state index in [0.717, 1.165) is 36.1 Å². The number of pyridine rings is 1. The van der Waals surface area contributed by atoms with Gasteiger partial charge in [-0.05, 0) is 67.4 Å². The van der Waals surface area contributed by atoms with E-state index in [1.165, 1.54) is 12.1 Å². The van der Waals surface area contributed by atoms with Gasteiger partial charge in [0.25, 0.3) is 0 Å². The Morgan fingerprint density at radius 1 is 1.17 bits per heavy atom. The first kappa shape index (κ1) is 19.6. The van der Waals surface area contributed by atoms with Gasteiger partial charge in [-0.2, -0.15) is 0 Å². The molecule has 2 aromatic rings. The van der Waals surface area contributed by atoms with E-state index in [2.05, 4.69) is 10.3 Å². The number of hydrogen-bond acceptors (Lipinski definition) is 3. The minimum atomic E-state index is -0.976. The van der Waals surface area contributed by atoms with Crippen molar-refractivity contribution in [1.82, 2.24) is 10.3 Å². The summed E-state index contributed by atoms with van der Waals surface area (Å²) in [6.45, 7) is 0. The Morgan fingerprint density at radius 3 is 2.76 bits per heavy atom. The Kier molecular flexibility index (Phi) is 5.62. The lowest BCUT2D eigenvalue weighted by Crippen LogP contribution is -2.39. The van der Waals surface area contributed by atoms with E-state index in [1.54, 1.807) is 12.3 Å². The van der Waals surface area contributed by atoms with Gasteiger partial charge >= 0.3 is 6.09 Å². The van der Waals surface area contributed by atoms with E-state index in [9.17, 15) is 14.3 Å². The maximum atomic E-state index is 13.4. The van der Waals surface area contributed by atoms with Crippen LogP contribution in [-0.4, -0.2) is 33.4 Å². The summed E-state index contributed by atoms with van der Waals surface area (Å²) in [5, 5.41) is 22.1. The van der Waals surface area contributed by atoms with Crippen LogP contribution in [0.15, 0.2) is 48.7 Å². The van der Waals surface area contributed by atoms with Crippen molar-refractivity contribution in [3.05, 3.63) is 60.2 Å². The fourth-order valence-electron chi connectivity index (χ4n) is 4.95. The second-order valence-corrected chi connectivity index (χ2v) is 8.11. The number of aliphatic hydroxyl groups is 1. The molecule has 1 heterocycles. The van der Waals surface area contributed by atoms with Gasteiger partial charge in [0.1, 0.15) is 5.82 Å². The molecular weight excluding hydrogens is 371 g/mol. The molecule has 3 N–H and O–H groups in total. The molecule has 1 amide bonds. The van der Waals surface area contributed by atoms with Gasteiger partial charge < -0.3 is 15.5 Å². The van der Waals surface area contributed by atoms with Gasteiger partial charge in [-0.1, -0.05) is 24.3 Å². The Balaban J connectivity index is 1.42. The van der Waals surface area contributed by atoms with Crippen LogP contribution in [0.3, 0.4) is 0 Å². The molecule has 1 aromatic carbocycles. The van der Waals surface area contributed by atoms with Gasteiger partial charge in [0.15, 0.2) is 0 Å². The van der Waals surface area contributed by atoms with Crippen LogP contribution < -0.4 is 5.32 Å². The number of hydrogen-bond donors (Lipinski definition) is 3. The van der Waals surface area contributed by atoms with Gasteiger partial charge in [-0.25, -0.2) is 9.18 Å². The van der Waals surface area contributed by atoms with Crippen molar-refractivity contribution >= 4 is 12.2 Å². The van der Waals surface area contributed by atoms with Crippen LogP contribution in [-0.2, 0) is 0 Å². The summed E-state index contributed by atoms with van der Waals surface area (Å²) < 4.78 is 13.4. The molecule has 0 saturated heterocycles. The number of benzene rings is 1. The second-order valence-electron chi connectivity index (χ2n) is 8.11. The largest absolute Gasteiger partial charge is 0.465 e. The molecule has 0 spiro atoms. The molecule has 1 aromatic heterocycles. The number of amides is 1. The number of aromatic nitrogens is 1. The van der Waals surface area contributed by atoms with Gasteiger partial charge in [-0.3, -0.25) is 4.98 Å². The van der Waals surface area contributed by atoms with Crippen LogP contribution in [0.5, 0.6) is 0 Å². The van der Waals surface area contributed by atoms with Gasteiger partial charge in [0.2, 0.25) is 0 Å². The Morgan fingerprint density at radius 2 is 2.03 bits per heavy atom. The summed E-state index contributed by atoms with van der Waals surface area (Å²) in [7, 11) is 0. The molecule has 2 aliphatic rings. The fourth-order valence-corrected chi connectivity index (χ4v) is 4.95. The highest BCUT2D eigenvalue weighted by Crippen LogP contribution is 2.46. The SMILES string of the molecule is O=C(O)NC1CC[C@@H]2[C@@H](C1)C[C@@H](O)[C@H]2C=Cc1ccc(-c2cccc(F)c2)cn1. The van der Waals surface area contributed by atoms with E-state index in [4.69, 9.17) is 5.11 Å². The molecule has 0 bridgehead atoms. The average molecular weight is 396 g/mol. The first-order valence-electron chi connectivity index (χ1n) is 10.1. The predicted octanol–water partition coefficient (Wildman–Crippen LogP) is 4.33. The van der Waals surface area contributed by atoms with Crippen LogP contribution in [0.25, 0.3) is 17.2 Å². The maximum Gasteiger partial charge on any atom is 0.404 e. The number of nitrogens with one attached hydrogen (secondary N) is 1. The van der Waals surface area contributed by atoms with Crippen molar-refractivity contribution in [3.63, 3.8) is 0 Å². The smallest absolute Gasteiger partial charge is 0.404 e. The third-order valence-corrected chi connectivity index (χ3v) is 6.29. The van der Waals surface area contributed by atoms with E-state index in [-0.39, 0.29) is 17.8 Å². The van der Waals surface area contributed by atoms with Crippen molar-refractivity contribution in [2.45, 2.75) is 37.8 Å². The van der Waals surface area contributed by atoms with Crippen LogP contribution in [0, 0.1) is 23.6 Å². The third-order valence-electron chi connectivity index (χ3n) is 6.29. The van der Waals surface area contributed by atoms with Crippen LogP contribution in [0.2, 0.25) is 0 Å². The summed E-state index contributed by atoms with van der Waals surface area (Å²) in [6.07, 6.45) is 7.55. The number of halogens is 1. The highest BCUT2D eigenvalue weighted by Gasteiger charge is 2.44. The lowest BCUT2D eigenvalue weighted by molar-refractivity contribution is 0.138. The standard InChI is InChI=1S/C23H25FN2O3/c24-17-3-1-2-14(10-17)15-4-5-18(25-13-15)6-9-21-20-8-7-19(26-23(28)29)11-16(20)12-22(21)27/h1-6,9-10,13,16,19-22,26-27H,7-8,11-12H2,(H,28,29)/t16-,19?,20+,21-,22+/m0/s1. The minimum absolute atomic E-state index is 0.0132. The highest BCUT2D eigenvalue weighted by atomic mass is 19.1. The summed E-state index contributed by atoms with van der Waals surface area (Å²) >= 11 is 0. The zero-order valence-electron chi connectivity index (χ0n) is 16.0. The molecule has 4 rings (SSSR count). The molecule has 2 saturated carbocycles. The Hall–Kier alpha value is -2.73. The number of nitrogens with zero attached hydrogens (tertiary/aromatic N) is 1. The monoisotopic (exact) mass is 396 g/mol. The van der Waals surface area contributed by atoms with E-state index < -0.39 is 12.2 Å². The van der Waals surface area contributed by atoms with Crippen molar-refractivity contribution in [2.75, 3.05) is 0 Å². The zero-order valence-corrected chi connectivity index (χ0v) is 16.0. The van der Waals surface area contributed by atoms with Gasteiger partial charge in [0, 0.05) is 23.7 Å². The molecule has 29 heavy (non-hydrogen) atoms. The zero-order chi connectivity index (χ0) is 20.4. The Labute approximate surface area is 169 Å². The van der Waals surface area contributed by atoms with Crippen molar-refractivity contribution in [3.8, 4) is 11.1 Å². The molecule has 6 heteroatoms. The van der Waals surface area contributed by atoms with Gasteiger partial charge in [0.05, 0.1) is 11.8 Å². The maximum absolute atomic E-state index is 13.4. The lowest BCUT2D eigenvalue weighted by atomic mass is 9.76. The number of rotatable bonds is 4. The molecular formula is C23H25FN2O3. The second kappa shape index (κ2) is 8.33. The topological polar surface area (TPSA) is 82.5 Å². The molecule has 0 radical (unpaired) electrons. The normalized spacial score (nSPS) is 29.0. The highest BCUT2D eigenvalue weighted by molar-refractivity contribution is 5.65. The Bertz CT molecular complexity index is 899. The average Bonchev–Trinajstić information content (AvgIpc) is 3.00. The van der Waals surface area contributed by atoms with Crippen molar-refractivity contribution < 1.29 is 19.4 Å².